The van der Waals surface area contributed by atoms with Gasteiger partial charge >= 0.3 is 0 Å². The number of amides is 1. The molecule has 0 saturated heterocycles. The van der Waals surface area contributed by atoms with Crippen LogP contribution in [-0.2, 0) is 0 Å². The van der Waals surface area contributed by atoms with E-state index in [1.54, 1.807) is 24.4 Å². The first-order valence-electron chi connectivity index (χ1n) is 9.09. The van der Waals surface area contributed by atoms with Gasteiger partial charge in [-0.25, -0.2) is 4.98 Å². The molecule has 0 unspecified atom stereocenters. The summed E-state index contributed by atoms with van der Waals surface area (Å²) in [6, 6.07) is 18.1. The molecular formula is C22H19N3O3. The number of hydrogen-bond acceptors (Lipinski definition) is 5. The van der Waals surface area contributed by atoms with Gasteiger partial charge in [0.2, 0.25) is 5.89 Å². The molecule has 28 heavy (non-hydrogen) atoms. The monoisotopic (exact) mass is 373 g/mol. The highest BCUT2D eigenvalue weighted by atomic mass is 16.5. The van der Waals surface area contributed by atoms with E-state index in [0.717, 1.165) is 12.0 Å². The van der Waals surface area contributed by atoms with Crippen molar-refractivity contribution in [3.05, 3.63) is 72.4 Å². The van der Waals surface area contributed by atoms with Crippen LogP contribution < -0.4 is 10.1 Å². The second kappa shape index (κ2) is 7.92. The van der Waals surface area contributed by atoms with Crippen molar-refractivity contribution in [1.29, 1.82) is 0 Å². The molecule has 0 aliphatic carbocycles. The fraction of sp³-hybridized carbons (Fsp3) is 0.136. The van der Waals surface area contributed by atoms with Crippen molar-refractivity contribution in [3.8, 4) is 17.2 Å². The van der Waals surface area contributed by atoms with Crippen molar-refractivity contribution >= 4 is 22.8 Å². The number of fused-ring (bicyclic) bond motifs is 1. The number of aromatic nitrogens is 2. The van der Waals surface area contributed by atoms with Crippen LogP contribution in [0.4, 0.5) is 5.69 Å². The first-order valence-corrected chi connectivity index (χ1v) is 9.09. The first kappa shape index (κ1) is 17.7. The molecule has 0 atom stereocenters. The average molecular weight is 373 g/mol. The lowest BCUT2D eigenvalue weighted by Crippen LogP contribution is -2.12. The highest BCUT2D eigenvalue weighted by molar-refractivity contribution is 6.04. The molecule has 0 aliphatic rings. The fourth-order valence-corrected chi connectivity index (χ4v) is 2.74. The first-order chi connectivity index (χ1) is 13.7. The van der Waals surface area contributed by atoms with Crippen LogP contribution in [0.1, 0.15) is 23.7 Å². The number of benzene rings is 2. The maximum absolute atomic E-state index is 12.5. The minimum Gasteiger partial charge on any atom is -0.494 e. The molecule has 4 aromatic rings. The Morgan fingerprint density at radius 1 is 1.11 bits per heavy atom. The normalized spacial score (nSPS) is 10.8. The van der Waals surface area contributed by atoms with Crippen LogP contribution in [0.5, 0.6) is 5.75 Å². The number of carbonyl (C=O) groups is 1. The number of pyridine rings is 1. The number of anilines is 1. The lowest BCUT2D eigenvalue weighted by molar-refractivity contribution is 0.102. The third-order valence-electron chi connectivity index (χ3n) is 4.12. The zero-order valence-corrected chi connectivity index (χ0v) is 15.4. The van der Waals surface area contributed by atoms with Gasteiger partial charge in [0, 0.05) is 23.0 Å². The SMILES string of the molecule is CCCOc1cccc(C(=O)Nc2ccc(-c3nc4ncccc4o3)cc2)c1. The van der Waals surface area contributed by atoms with E-state index >= 15 is 0 Å². The van der Waals surface area contributed by atoms with Crippen LogP contribution >= 0.6 is 0 Å². The number of oxazole rings is 1. The van der Waals surface area contributed by atoms with Crippen LogP contribution in [0, 0.1) is 0 Å². The van der Waals surface area contributed by atoms with Gasteiger partial charge in [-0.1, -0.05) is 13.0 Å². The van der Waals surface area contributed by atoms with Crippen LogP contribution in [0.15, 0.2) is 71.3 Å². The van der Waals surface area contributed by atoms with E-state index in [1.807, 2.05) is 49.4 Å². The fourth-order valence-electron chi connectivity index (χ4n) is 2.74. The lowest BCUT2D eigenvalue weighted by Gasteiger charge is -2.08. The number of rotatable bonds is 6. The molecule has 6 heteroatoms. The molecule has 0 bridgehead atoms. The van der Waals surface area contributed by atoms with Gasteiger partial charge in [0.05, 0.1) is 6.61 Å². The largest absolute Gasteiger partial charge is 0.494 e. The van der Waals surface area contributed by atoms with Gasteiger partial charge in [-0.15, -0.1) is 0 Å². The molecule has 140 valence electrons. The molecule has 2 aromatic heterocycles. The minimum absolute atomic E-state index is 0.194. The van der Waals surface area contributed by atoms with Gasteiger partial charge in [-0.3, -0.25) is 4.79 Å². The highest BCUT2D eigenvalue weighted by Gasteiger charge is 2.10. The summed E-state index contributed by atoms with van der Waals surface area (Å²) in [4.78, 5) is 21.1. The number of nitrogens with one attached hydrogen (secondary N) is 1. The second-order valence-corrected chi connectivity index (χ2v) is 6.25. The number of ether oxygens (including phenoxy) is 1. The third-order valence-corrected chi connectivity index (χ3v) is 4.12. The van der Waals surface area contributed by atoms with Crippen molar-refractivity contribution in [1.82, 2.24) is 9.97 Å². The summed E-state index contributed by atoms with van der Waals surface area (Å²) in [7, 11) is 0. The van der Waals surface area contributed by atoms with Crippen molar-refractivity contribution in [2.24, 2.45) is 0 Å². The Kier molecular flexibility index (Phi) is 5.01. The van der Waals surface area contributed by atoms with E-state index in [4.69, 9.17) is 9.15 Å². The van der Waals surface area contributed by atoms with Crippen LogP contribution in [0.2, 0.25) is 0 Å². The number of hydrogen-bond donors (Lipinski definition) is 1. The van der Waals surface area contributed by atoms with E-state index in [2.05, 4.69) is 15.3 Å². The van der Waals surface area contributed by atoms with Crippen molar-refractivity contribution in [2.75, 3.05) is 11.9 Å². The molecule has 1 amide bonds. The molecule has 2 heterocycles. The van der Waals surface area contributed by atoms with Gasteiger partial charge in [-0.2, -0.15) is 4.98 Å². The lowest BCUT2D eigenvalue weighted by atomic mass is 10.1. The van der Waals surface area contributed by atoms with Crippen LogP contribution in [-0.4, -0.2) is 22.5 Å². The maximum atomic E-state index is 12.5. The number of carbonyl (C=O) groups excluding carboxylic acids is 1. The van der Waals surface area contributed by atoms with Gasteiger partial charge in [0.25, 0.3) is 5.91 Å². The Labute approximate surface area is 162 Å². The van der Waals surface area contributed by atoms with Gasteiger partial charge in [-0.05, 0) is 61.0 Å². The van der Waals surface area contributed by atoms with E-state index in [9.17, 15) is 4.79 Å². The molecule has 0 radical (unpaired) electrons. The van der Waals surface area contributed by atoms with Gasteiger partial charge < -0.3 is 14.5 Å². The predicted molar refractivity (Wildman–Crippen MR) is 107 cm³/mol. The Balaban J connectivity index is 1.47. The standard InChI is InChI=1S/C22H19N3O3/c1-2-13-27-18-6-3-5-16(14-18)21(26)24-17-10-8-15(9-11-17)22-25-20-19(28-22)7-4-12-23-20/h3-12,14H,2,13H2,1H3,(H,24,26). The van der Waals surface area contributed by atoms with E-state index in [0.29, 0.717) is 40.7 Å². The Morgan fingerprint density at radius 2 is 1.96 bits per heavy atom. The van der Waals surface area contributed by atoms with Crippen molar-refractivity contribution in [2.45, 2.75) is 13.3 Å². The summed E-state index contributed by atoms with van der Waals surface area (Å²) in [5.74, 6) is 0.988. The van der Waals surface area contributed by atoms with Crippen LogP contribution in [0.25, 0.3) is 22.7 Å². The van der Waals surface area contributed by atoms with E-state index in [1.165, 1.54) is 0 Å². The summed E-state index contributed by atoms with van der Waals surface area (Å²) in [5.41, 5.74) is 3.25. The van der Waals surface area contributed by atoms with Crippen molar-refractivity contribution < 1.29 is 13.9 Å². The molecular weight excluding hydrogens is 354 g/mol. The minimum atomic E-state index is -0.194. The summed E-state index contributed by atoms with van der Waals surface area (Å²) in [5, 5.41) is 2.89. The van der Waals surface area contributed by atoms with E-state index in [-0.39, 0.29) is 5.91 Å². The Bertz CT molecular complexity index is 1070. The second-order valence-electron chi connectivity index (χ2n) is 6.25. The topological polar surface area (TPSA) is 77.2 Å². The molecule has 1 N–H and O–H groups in total. The summed E-state index contributed by atoms with van der Waals surface area (Å²) >= 11 is 0. The van der Waals surface area contributed by atoms with Gasteiger partial charge in [0.1, 0.15) is 5.75 Å². The number of nitrogens with zero attached hydrogens (tertiary/aromatic N) is 2. The summed E-state index contributed by atoms with van der Waals surface area (Å²) < 4.78 is 11.3. The molecule has 0 aliphatic heterocycles. The molecule has 0 spiro atoms. The molecule has 6 nitrogen and oxygen atoms in total. The highest BCUT2D eigenvalue weighted by Crippen LogP contribution is 2.24. The molecule has 0 fully saturated rings. The smallest absolute Gasteiger partial charge is 0.255 e. The predicted octanol–water partition coefficient (Wildman–Crippen LogP) is 4.93. The molecule has 0 saturated carbocycles. The quantitative estimate of drug-likeness (QED) is 0.518. The molecule has 2 aromatic carbocycles. The van der Waals surface area contributed by atoms with Gasteiger partial charge in [0.15, 0.2) is 11.2 Å². The average Bonchev–Trinajstić information content (AvgIpc) is 3.17. The zero-order chi connectivity index (χ0) is 19.3. The third kappa shape index (κ3) is 3.86. The summed E-state index contributed by atoms with van der Waals surface area (Å²) in [6.45, 7) is 2.66. The summed E-state index contributed by atoms with van der Waals surface area (Å²) in [6.07, 6.45) is 2.59. The van der Waals surface area contributed by atoms with E-state index < -0.39 is 0 Å². The Morgan fingerprint density at radius 3 is 2.75 bits per heavy atom. The maximum Gasteiger partial charge on any atom is 0.255 e. The zero-order valence-electron chi connectivity index (χ0n) is 15.4. The molecule has 4 rings (SSSR count). The Hall–Kier alpha value is -3.67. The van der Waals surface area contributed by atoms with Crippen LogP contribution in [0.3, 0.4) is 0 Å². The van der Waals surface area contributed by atoms with Crippen molar-refractivity contribution in [3.63, 3.8) is 0 Å².